The Morgan fingerprint density at radius 3 is 2.45 bits per heavy atom. The highest BCUT2D eigenvalue weighted by Crippen LogP contribution is 2.41. The van der Waals surface area contributed by atoms with Gasteiger partial charge in [0.2, 0.25) is 0 Å². The molecule has 2 saturated heterocycles. The van der Waals surface area contributed by atoms with Crippen molar-refractivity contribution >= 4 is 11.9 Å². The van der Waals surface area contributed by atoms with Gasteiger partial charge < -0.3 is 10.1 Å². The highest BCUT2D eigenvalue weighted by molar-refractivity contribution is 6.07. The van der Waals surface area contributed by atoms with Crippen LogP contribution in [0, 0.1) is 0 Å². The van der Waals surface area contributed by atoms with Gasteiger partial charge >= 0.3 is 5.97 Å². The molecule has 0 aromatic heterocycles. The number of hydrogen-bond acceptors (Lipinski definition) is 5. The summed E-state index contributed by atoms with van der Waals surface area (Å²) in [6.45, 7) is 10.4. The zero-order valence-electron chi connectivity index (χ0n) is 20.4. The molecular formula is C27H39N3O3. The molecule has 0 bridgehead atoms. The van der Waals surface area contributed by atoms with E-state index in [9.17, 15) is 9.59 Å². The lowest BCUT2D eigenvalue weighted by atomic mass is 9.82. The van der Waals surface area contributed by atoms with Crippen LogP contribution in [0.1, 0.15) is 64.9 Å². The van der Waals surface area contributed by atoms with Gasteiger partial charge in [0, 0.05) is 63.2 Å². The second-order valence-corrected chi connectivity index (χ2v) is 10.1. The van der Waals surface area contributed by atoms with E-state index in [0.717, 1.165) is 32.6 Å². The van der Waals surface area contributed by atoms with Crippen molar-refractivity contribution in [3.63, 3.8) is 0 Å². The van der Waals surface area contributed by atoms with Crippen LogP contribution in [0.4, 0.5) is 0 Å². The lowest BCUT2D eigenvalue weighted by Crippen LogP contribution is -2.49. The van der Waals surface area contributed by atoms with Crippen LogP contribution in [0.25, 0.3) is 0 Å². The smallest absolute Gasteiger partial charge is 0.335 e. The molecule has 3 aliphatic heterocycles. The Balaban J connectivity index is 1.32. The van der Waals surface area contributed by atoms with Gasteiger partial charge in [-0.3, -0.25) is 14.6 Å². The van der Waals surface area contributed by atoms with Crippen LogP contribution in [0.15, 0.2) is 41.5 Å². The number of piperidine rings is 2. The first-order valence-electron chi connectivity index (χ1n) is 12.6. The lowest BCUT2D eigenvalue weighted by molar-refractivity contribution is -0.151. The molecule has 0 saturated carbocycles. The van der Waals surface area contributed by atoms with Crippen LogP contribution in [0.3, 0.4) is 0 Å². The number of ether oxygens (including phenoxy) is 1. The van der Waals surface area contributed by atoms with E-state index in [0.29, 0.717) is 42.6 Å². The fourth-order valence-electron chi connectivity index (χ4n) is 5.86. The Bertz CT molecular complexity index is 864. The number of amides is 1. The minimum absolute atomic E-state index is 0.130. The third-order valence-electron chi connectivity index (χ3n) is 7.82. The molecule has 4 rings (SSSR count). The summed E-state index contributed by atoms with van der Waals surface area (Å²) in [5.74, 6) is -0.470. The SMILES string of the molecule is CC1=C(C(=O)NCCCN2[C@H](C)CCC[C@H]2C)C2(CCN(Cc3ccccc3)CC2)OC1=O. The van der Waals surface area contributed by atoms with Crippen LogP contribution in [0.5, 0.6) is 0 Å². The van der Waals surface area contributed by atoms with Gasteiger partial charge in [0.15, 0.2) is 0 Å². The number of carbonyl (C=O) groups excluding carboxylic acids is 2. The molecule has 6 nitrogen and oxygen atoms in total. The van der Waals surface area contributed by atoms with Gasteiger partial charge in [-0.1, -0.05) is 36.8 Å². The fourth-order valence-corrected chi connectivity index (χ4v) is 5.86. The molecule has 3 heterocycles. The van der Waals surface area contributed by atoms with Gasteiger partial charge in [-0.15, -0.1) is 0 Å². The van der Waals surface area contributed by atoms with Gasteiger partial charge in [-0.25, -0.2) is 4.79 Å². The summed E-state index contributed by atoms with van der Waals surface area (Å²) in [6.07, 6.45) is 6.06. The molecule has 1 N–H and O–H groups in total. The van der Waals surface area contributed by atoms with Gasteiger partial charge in [0.25, 0.3) is 5.91 Å². The van der Waals surface area contributed by atoms with Crippen LogP contribution in [0.2, 0.25) is 0 Å². The van der Waals surface area contributed by atoms with Crippen molar-refractivity contribution in [3.8, 4) is 0 Å². The van der Waals surface area contributed by atoms with E-state index >= 15 is 0 Å². The maximum atomic E-state index is 13.2. The van der Waals surface area contributed by atoms with Gasteiger partial charge in [0.1, 0.15) is 5.60 Å². The van der Waals surface area contributed by atoms with E-state index in [4.69, 9.17) is 4.74 Å². The molecule has 6 heteroatoms. The lowest BCUT2D eigenvalue weighted by Gasteiger charge is -2.39. The number of rotatable bonds is 7. The van der Waals surface area contributed by atoms with Crippen LogP contribution >= 0.6 is 0 Å². The number of hydrogen-bond donors (Lipinski definition) is 1. The molecule has 0 radical (unpaired) electrons. The quantitative estimate of drug-likeness (QED) is 0.504. The summed E-state index contributed by atoms with van der Waals surface area (Å²) in [5, 5.41) is 3.10. The molecule has 3 aliphatic rings. The molecule has 2 fully saturated rings. The minimum atomic E-state index is -0.770. The van der Waals surface area contributed by atoms with E-state index < -0.39 is 5.60 Å². The average Bonchev–Trinajstić information content (AvgIpc) is 3.04. The molecule has 1 aromatic rings. The normalized spacial score (nSPS) is 26.0. The number of nitrogens with one attached hydrogen (secondary N) is 1. The zero-order chi connectivity index (χ0) is 23.4. The summed E-state index contributed by atoms with van der Waals surface area (Å²) >= 11 is 0. The molecular weight excluding hydrogens is 414 g/mol. The second kappa shape index (κ2) is 10.4. The predicted octanol–water partition coefficient (Wildman–Crippen LogP) is 3.66. The van der Waals surface area contributed by atoms with Crippen LogP contribution < -0.4 is 5.32 Å². The first-order chi connectivity index (χ1) is 15.9. The maximum absolute atomic E-state index is 13.2. The summed E-state index contributed by atoms with van der Waals surface area (Å²) in [7, 11) is 0. The van der Waals surface area contributed by atoms with Crippen molar-refractivity contribution in [2.75, 3.05) is 26.2 Å². The molecule has 180 valence electrons. The van der Waals surface area contributed by atoms with Gasteiger partial charge in [0.05, 0.1) is 5.57 Å². The fraction of sp³-hybridized carbons (Fsp3) is 0.630. The van der Waals surface area contributed by atoms with E-state index in [2.05, 4.69) is 53.2 Å². The minimum Gasteiger partial charge on any atom is -0.450 e. The number of likely N-dealkylation sites (tertiary alicyclic amines) is 2. The number of nitrogens with zero attached hydrogens (tertiary/aromatic N) is 2. The van der Waals surface area contributed by atoms with E-state index in [1.165, 1.54) is 24.8 Å². The molecule has 1 amide bonds. The topological polar surface area (TPSA) is 61.9 Å². The number of benzene rings is 1. The maximum Gasteiger partial charge on any atom is 0.335 e. The number of esters is 1. The number of carbonyl (C=O) groups is 2. The van der Waals surface area contributed by atoms with Gasteiger partial charge in [-0.2, -0.15) is 0 Å². The van der Waals surface area contributed by atoms with E-state index in [-0.39, 0.29) is 11.9 Å². The third-order valence-corrected chi connectivity index (χ3v) is 7.82. The average molecular weight is 454 g/mol. The van der Waals surface area contributed by atoms with E-state index in [1.54, 1.807) is 6.92 Å². The Labute approximate surface area is 198 Å². The van der Waals surface area contributed by atoms with Crippen molar-refractivity contribution in [2.45, 2.75) is 83.5 Å². The summed E-state index contributed by atoms with van der Waals surface area (Å²) in [5.41, 5.74) is 1.54. The van der Waals surface area contributed by atoms with Gasteiger partial charge in [-0.05, 0) is 45.6 Å². The van der Waals surface area contributed by atoms with Crippen LogP contribution in [-0.2, 0) is 20.9 Å². The first-order valence-corrected chi connectivity index (χ1v) is 12.6. The molecule has 2 atom stereocenters. The molecule has 0 aliphatic carbocycles. The predicted molar refractivity (Wildman–Crippen MR) is 130 cm³/mol. The Kier molecular flexibility index (Phi) is 7.55. The Hall–Kier alpha value is -2.18. The van der Waals surface area contributed by atoms with Crippen molar-refractivity contribution in [1.82, 2.24) is 15.1 Å². The Morgan fingerprint density at radius 2 is 1.79 bits per heavy atom. The first kappa shape index (κ1) is 24.0. The monoisotopic (exact) mass is 453 g/mol. The van der Waals surface area contributed by atoms with Crippen molar-refractivity contribution in [2.24, 2.45) is 0 Å². The van der Waals surface area contributed by atoms with Crippen molar-refractivity contribution in [3.05, 3.63) is 47.0 Å². The highest BCUT2D eigenvalue weighted by atomic mass is 16.6. The summed E-state index contributed by atoms with van der Waals surface area (Å²) in [6, 6.07) is 11.6. The molecule has 1 aromatic carbocycles. The van der Waals surface area contributed by atoms with E-state index in [1.807, 2.05) is 6.07 Å². The zero-order valence-corrected chi connectivity index (χ0v) is 20.4. The van der Waals surface area contributed by atoms with Crippen molar-refractivity contribution in [1.29, 1.82) is 0 Å². The van der Waals surface area contributed by atoms with Crippen LogP contribution in [-0.4, -0.2) is 65.5 Å². The highest BCUT2D eigenvalue weighted by Gasteiger charge is 2.50. The largest absolute Gasteiger partial charge is 0.450 e. The molecule has 33 heavy (non-hydrogen) atoms. The summed E-state index contributed by atoms with van der Waals surface area (Å²) in [4.78, 5) is 30.6. The standard InChI is InChI=1S/C27H39N3O3/c1-20-9-7-10-21(2)30(20)16-8-15-28-25(31)24-22(3)26(32)33-27(24)13-17-29(18-14-27)19-23-11-5-4-6-12-23/h4-6,11-12,20-21H,7-10,13-19H2,1-3H3,(H,28,31)/t20-,21-/m1/s1. The van der Waals surface area contributed by atoms with Crippen molar-refractivity contribution < 1.29 is 14.3 Å². The molecule has 1 spiro atoms. The third kappa shape index (κ3) is 5.33. The molecule has 0 unspecified atom stereocenters. The second-order valence-electron chi connectivity index (χ2n) is 10.1. The Morgan fingerprint density at radius 1 is 1.12 bits per heavy atom. The summed E-state index contributed by atoms with van der Waals surface area (Å²) < 4.78 is 5.86.